The number of aromatic amines is 1. The van der Waals surface area contributed by atoms with Crippen LogP contribution in [0.3, 0.4) is 0 Å². The van der Waals surface area contributed by atoms with E-state index >= 15 is 0 Å². The molecule has 3 unspecified atom stereocenters. The first kappa shape index (κ1) is 21.8. The van der Waals surface area contributed by atoms with Crippen LogP contribution < -0.4 is 21.1 Å². The van der Waals surface area contributed by atoms with E-state index in [1.807, 2.05) is 36.4 Å². The van der Waals surface area contributed by atoms with Crippen molar-refractivity contribution in [1.82, 2.24) is 20.3 Å². The second-order valence-electron chi connectivity index (χ2n) is 9.73. The van der Waals surface area contributed by atoms with E-state index in [0.29, 0.717) is 41.1 Å². The van der Waals surface area contributed by atoms with Gasteiger partial charge in [-0.15, -0.1) is 0 Å². The number of fused-ring (bicyclic) bond motifs is 3. The number of hydrogen-bond acceptors (Lipinski definition) is 8. The summed E-state index contributed by atoms with van der Waals surface area (Å²) in [5.74, 6) is 1.99. The summed E-state index contributed by atoms with van der Waals surface area (Å²) in [6, 6.07) is 11.8. The number of anilines is 2. The Morgan fingerprint density at radius 3 is 2.85 bits per heavy atom. The zero-order valence-electron chi connectivity index (χ0n) is 18.9. The zero-order chi connectivity index (χ0) is 23.3. The molecule has 1 aromatic carbocycles. The highest BCUT2D eigenvalue weighted by Crippen LogP contribution is 2.51. The predicted octanol–water partition coefficient (Wildman–Crippen LogP) is 3.11. The molecule has 0 radical (unpaired) electrons. The van der Waals surface area contributed by atoms with E-state index in [4.69, 9.17) is 9.97 Å². The van der Waals surface area contributed by atoms with E-state index < -0.39 is 10.6 Å². The second kappa shape index (κ2) is 8.53. The van der Waals surface area contributed by atoms with E-state index in [9.17, 15) is 13.9 Å². The maximum atomic E-state index is 13.5. The summed E-state index contributed by atoms with van der Waals surface area (Å²) in [7, 11) is -2.57. The second-order valence-corrected chi connectivity index (χ2v) is 12.0. The fourth-order valence-corrected chi connectivity index (χ4v) is 7.68. The molecule has 0 amide bonds. The maximum absolute atomic E-state index is 13.5. The molecule has 3 aromatic rings. The van der Waals surface area contributed by atoms with Crippen molar-refractivity contribution in [3.63, 3.8) is 0 Å². The quantitative estimate of drug-likeness (QED) is 0.384. The molecule has 5 N–H and O–H groups in total. The summed E-state index contributed by atoms with van der Waals surface area (Å²) in [6.07, 6.45) is 2.95. The van der Waals surface area contributed by atoms with Gasteiger partial charge >= 0.3 is 0 Å². The number of hydrogen-bond donors (Lipinski definition) is 5. The largest absolute Gasteiger partial charge is 0.365 e. The number of nitrogens with one attached hydrogen (secondary N) is 3. The molecule has 3 aliphatic heterocycles. The first-order valence-electron chi connectivity index (χ1n) is 11.9. The highest BCUT2D eigenvalue weighted by atomic mass is 32.3. The molecule has 3 saturated heterocycles. The minimum atomic E-state index is -2.57. The van der Waals surface area contributed by atoms with Gasteiger partial charge in [0.15, 0.2) is 0 Å². The number of para-hydroxylation sites is 1. The van der Waals surface area contributed by atoms with Crippen molar-refractivity contribution in [3.8, 4) is 11.3 Å². The third kappa shape index (κ3) is 4.15. The minimum Gasteiger partial charge on any atom is -0.365 e. The topological polar surface area (TPSA) is 126 Å². The van der Waals surface area contributed by atoms with E-state index in [-0.39, 0.29) is 23.6 Å². The number of rotatable bonds is 4. The van der Waals surface area contributed by atoms with Crippen LogP contribution in [0.15, 0.2) is 41.2 Å². The number of H-pyrrole nitrogens is 1. The number of nitrogens with zero attached hydrogens (tertiary/aromatic N) is 3. The number of aromatic nitrogens is 3. The predicted molar refractivity (Wildman–Crippen MR) is 137 cm³/mol. The van der Waals surface area contributed by atoms with E-state index in [0.717, 1.165) is 43.3 Å². The number of piperidine rings is 1. The van der Waals surface area contributed by atoms with Crippen molar-refractivity contribution in [2.24, 2.45) is 5.92 Å². The van der Waals surface area contributed by atoms with Crippen LogP contribution in [-0.4, -0.2) is 67.3 Å². The lowest BCUT2D eigenvalue weighted by Crippen LogP contribution is -2.40. The smallest absolute Gasteiger partial charge is 0.263 e. The van der Waals surface area contributed by atoms with Gasteiger partial charge in [0.05, 0.1) is 17.0 Å². The molecule has 5 heterocycles. The Bertz CT molecular complexity index is 1280. The molecule has 3 atom stereocenters. The van der Waals surface area contributed by atoms with Crippen LogP contribution in [0.1, 0.15) is 19.3 Å². The zero-order valence-corrected chi connectivity index (χ0v) is 19.7. The summed E-state index contributed by atoms with van der Waals surface area (Å²) in [6.45, 7) is 2.47. The molecule has 3 fully saturated rings. The molecule has 3 aliphatic rings. The molecule has 0 saturated carbocycles. The van der Waals surface area contributed by atoms with Crippen LogP contribution in [0.5, 0.6) is 0 Å². The minimum absolute atomic E-state index is 0.0271. The average Bonchev–Trinajstić information content (AvgIpc) is 3.13. The van der Waals surface area contributed by atoms with Crippen molar-refractivity contribution >= 4 is 33.3 Å². The Morgan fingerprint density at radius 1 is 1.12 bits per heavy atom. The Hall–Kier alpha value is -2.66. The van der Waals surface area contributed by atoms with Gasteiger partial charge in [-0.05, 0) is 43.9 Å². The van der Waals surface area contributed by atoms with Crippen molar-refractivity contribution < 1.29 is 9.11 Å². The Labute approximate surface area is 199 Å². The molecule has 180 valence electrons. The molecule has 10 heteroatoms. The summed E-state index contributed by atoms with van der Waals surface area (Å²) in [5, 5.41) is 7.95. The molecular formula is C24H30N6O3S. The van der Waals surface area contributed by atoms with Gasteiger partial charge < -0.3 is 15.5 Å². The van der Waals surface area contributed by atoms with Crippen LogP contribution in [0.4, 0.5) is 11.8 Å². The fraction of sp³-hybridized carbons (Fsp3) is 0.458. The van der Waals surface area contributed by atoms with E-state index in [1.54, 1.807) is 0 Å². The van der Waals surface area contributed by atoms with Crippen LogP contribution in [0.2, 0.25) is 0 Å². The third-order valence-electron chi connectivity index (χ3n) is 7.13. The van der Waals surface area contributed by atoms with Gasteiger partial charge in [-0.2, -0.15) is 15.6 Å². The van der Waals surface area contributed by atoms with Gasteiger partial charge in [-0.1, -0.05) is 24.3 Å². The molecule has 9 nitrogen and oxygen atoms in total. The molecule has 2 aromatic heterocycles. The van der Waals surface area contributed by atoms with Gasteiger partial charge in [0.1, 0.15) is 11.4 Å². The Kier molecular flexibility index (Phi) is 5.48. The number of benzene rings is 1. The lowest BCUT2D eigenvalue weighted by molar-refractivity contribution is 0.450. The maximum Gasteiger partial charge on any atom is 0.263 e. The van der Waals surface area contributed by atoms with Crippen LogP contribution in [-0.2, 0) is 0 Å². The summed E-state index contributed by atoms with van der Waals surface area (Å²) in [4.78, 5) is 28.2. The molecular weight excluding hydrogens is 452 g/mol. The lowest BCUT2D eigenvalue weighted by Gasteiger charge is -2.39. The van der Waals surface area contributed by atoms with Crippen LogP contribution >= 0.6 is 10.6 Å². The molecule has 0 aliphatic carbocycles. The highest BCUT2D eigenvalue weighted by Gasteiger charge is 2.43. The van der Waals surface area contributed by atoms with Crippen LogP contribution in [0.25, 0.3) is 22.2 Å². The lowest BCUT2D eigenvalue weighted by atomic mass is 10.1. The molecule has 34 heavy (non-hydrogen) atoms. The fourth-order valence-electron chi connectivity index (χ4n) is 5.62. The van der Waals surface area contributed by atoms with Gasteiger partial charge in [0.25, 0.3) is 5.56 Å². The average molecular weight is 483 g/mol. The van der Waals surface area contributed by atoms with Crippen molar-refractivity contribution in [2.75, 3.05) is 41.4 Å². The van der Waals surface area contributed by atoms with Gasteiger partial charge in [0, 0.05) is 36.3 Å². The van der Waals surface area contributed by atoms with Crippen molar-refractivity contribution in [2.45, 2.75) is 31.3 Å². The third-order valence-corrected chi connectivity index (χ3v) is 9.06. The Balaban J connectivity index is 1.42. The summed E-state index contributed by atoms with van der Waals surface area (Å²) in [5.41, 5.74) is 1.60. The van der Waals surface area contributed by atoms with Gasteiger partial charge in [-0.25, -0.2) is 4.98 Å². The summed E-state index contributed by atoms with van der Waals surface area (Å²) < 4.78 is 20.6. The van der Waals surface area contributed by atoms with E-state index in [2.05, 4.69) is 20.5 Å². The van der Waals surface area contributed by atoms with Gasteiger partial charge in [-0.3, -0.25) is 18.9 Å². The van der Waals surface area contributed by atoms with E-state index in [1.165, 1.54) is 0 Å². The first-order valence-corrected chi connectivity index (χ1v) is 13.8. The highest BCUT2D eigenvalue weighted by molar-refractivity contribution is 8.24. The summed E-state index contributed by atoms with van der Waals surface area (Å²) >= 11 is 0. The monoisotopic (exact) mass is 482 g/mol. The standard InChI is InChI=1S/C24H30N6O3S/c31-23-21(20-8-7-16-4-1-2-6-19(16)27-20)22(26-17-5-3-9-25-11-17)28-24(29-23)30-12-15-10-18(30)14-34(32,33)13-15/h1-2,4,6-8,15,17-18,25,32-33H,3,5,9-14H2,(H2,26,28,29,31). The Morgan fingerprint density at radius 2 is 2.00 bits per heavy atom. The normalized spacial score (nSPS) is 27.0. The molecule has 6 rings (SSSR count). The first-order chi connectivity index (χ1) is 16.4. The SMILES string of the molecule is O=c1[nH]c(N2CC3CC2CS(O)(O)C3)nc(NC2CCCNC2)c1-c1ccc2ccccc2n1. The van der Waals surface area contributed by atoms with Gasteiger partial charge in [0.2, 0.25) is 5.95 Å². The van der Waals surface area contributed by atoms with Crippen molar-refractivity contribution in [3.05, 3.63) is 46.8 Å². The number of pyridine rings is 1. The van der Waals surface area contributed by atoms with Crippen molar-refractivity contribution in [1.29, 1.82) is 0 Å². The molecule has 0 spiro atoms. The van der Waals surface area contributed by atoms with Crippen LogP contribution in [0, 0.1) is 5.92 Å². The molecule has 2 bridgehead atoms.